The van der Waals surface area contributed by atoms with Crippen LogP contribution in [0.3, 0.4) is 0 Å². The summed E-state index contributed by atoms with van der Waals surface area (Å²) in [5.41, 5.74) is 0.907. The van der Waals surface area contributed by atoms with Gasteiger partial charge in [0.2, 0.25) is 0 Å². The molecule has 0 bridgehead atoms. The van der Waals surface area contributed by atoms with Crippen molar-refractivity contribution in [3.63, 3.8) is 0 Å². The second kappa shape index (κ2) is 6.25. The van der Waals surface area contributed by atoms with Gasteiger partial charge in [0, 0.05) is 5.02 Å². The van der Waals surface area contributed by atoms with E-state index in [2.05, 4.69) is 0 Å². The fourth-order valence-electron chi connectivity index (χ4n) is 1.39. The first-order chi connectivity index (χ1) is 8.12. The summed E-state index contributed by atoms with van der Waals surface area (Å²) in [4.78, 5) is 22.1. The van der Waals surface area contributed by atoms with Crippen molar-refractivity contribution in [1.82, 2.24) is 0 Å². The van der Waals surface area contributed by atoms with E-state index in [1.807, 2.05) is 0 Å². The Morgan fingerprint density at radius 2 is 2.18 bits per heavy atom. The monoisotopic (exact) mass is 256 g/mol. The first-order valence-electron chi connectivity index (χ1n) is 5.09. The summed E-state index contributed by atoms with van der Waals surface area (Å²) in [6, 6.07) is 3.05. The van der Waals surface area contributed by atoms with Crippen LogP contribution in [0.5, 0.6) is 5.75 Å². The highest BCUT2D eigenvalue weighted by Crippen LogP contribution is 2.26. The number of methoxy groups -OCH3 is 1. The van der Waals surface area contributed by atoms with E-state index >= 15 is 0 Å². The lowest BCUT2D eigenvalue weighted by atomic mass is 10.1. The normalized spacial score (nSPS) is 9.82. The molecule has 0 radical (unpaired) electrons. The Morgan fingerprint density at radius 1 is 1.47 bits per heavy atom. The molecule has 0 amide bonds. The Kier molecular flexibility index (Phi) is 4.97. The molecule has 0 unspecified atom stereocenters. The highest BCUT2D eigenvalue weighted by Gasteiger charge is 2.12. The van der Waals surface area contributed by atoms with E-state index in [1.165, 1.54) is 19.2 Å². The van der Waals surface area contributed by atoms with Crippen LogP contribution in [0.4, 0.5) is 0 Å². The van der Waals surface area contributed by atoms with Crippen molar-refractivity contribution in [3.05, 3.63) is 28.3 Å². The van der Waals surface area contributed by atoms with Crippen LogP contribution >= 0.6 is 11.6 Å². The molecule has 0 saturated heterocycles. The number of aldehydes is 1. The highest BCUT2D eigenvalue weighted by atomic mass is 35.5. The third kappa shape index (κ3) is 3.46. The van der Waals surface area contributed by atoms with Crippen LogP contribution in [0.2, 0.25) is 5.02 Å². The van der Waals surface area contributed by atoms with Crippen molar-refractivity contribution in [2.24, 2.45) is 0 Å². The summed E-state index contributed by atoms with van der Waals surface area (Å²) in [5, 5.41) is 0.375. The second-order valence-electron chi connectivity index (χ2n) is 3.29. The topological polar surface area (TPSA) is 52.6 Å². The van der Waals surface area contributed by atoms with Crippen molar-refractivity contribution in [1.29, 1.82) is 0 Å². The number of halogens is 1. The van der Waals surface area contributed by atoms with Gasteiger partial charge in [-0.2, -0.15) is 0 Å². The Hall–Kier alpha value is -1.55. The summed E-state index contributed by atoms with van der Waals surface area (Å²) in [7, 11) is 1.45. The Balaban J connectivity index is 3.00. The van der Waals surface area contributed by atoms with Crippen LogP contribution in [0.1, 0.15) is 22.8 Å². The Morgan fingerprint density at radius 3 is 2.71 bits per heavy atom. The lowest BCUT2D eigenvalue weighted by Crippen LogP contribution is -2.08. The van der Waals surface area contributed by atoms with E-state index in [1.54, 1.807) is 6.92 Å². The van der Waals surface area contributed by atoms with Gasteiger partial charge in [-0.25, -0.2) is 0 Å². The minimum absolute atomic E-state index is 0.0392. The zero-order valence-corrected chi connectivity index (χ0v) is 10.4. The number of ether oxygens (including phenoxy) is 2. The summed E-state index contributed by atoms with van der Waals surface area (Å²) in [5.74, 6) is 0.00836. The minimum Gasteiger partial charge on any atom is -0.496 e. The highest BCUT2D eigenvalue weighted by molar-refractivity contribution is 6.31. The third-order valence-electron chi connectivity index (χ3n) is 2.17. The second-order valence-corrected chi connectivity index (χ2v) is 3.69. The molecule has 1 rings (SSSR count). The molecule has 5 heteroatoms. The van der Waals surface area contributed by atoms with Crippen molar-refractivity contribution >= 4 is 23.9 Å². The number of hydrogen-bond acceptors (Lipinski definition) is 4. The summed E-state index contributed by atoms with van der Waals surface area (Å²) < 4.78 is 9.81. The average Bonchev–Trinajstić information content (AvgIpc) is 2.31. The standard InChI is InChI=1S/C12H13ClO4/c1-3-17-12(15)5-8-4-9(7-14)11(16-2)6-10(8)13/h4,6-7H,3,5H2,1-2H3. The molecule has 0 fully saturated rings. The summed E-state index contributed by atoms with van der Waals surface area (Å²) in [6.07, 6.45) is 0.696. The van der Waals surface area contributed by atoms with Crippen LogP contribution < -0.4 is 4.74 Å². The zero-order chi connectivity index (χ0) is 12.8. The predicted molar refractivity (Wildman–Crippen MR) is 63.7 cm³/mol. The smallest absolute Gasteiger partial charge is 0.310 e. The van der Waals surface area contributed by atoms with Gasteiger partial charge < -0.3 is 9.47 Å². The molecule has 0 aliphatic heterocycles. The molecule has 1 aromatic carbocycles. The van der Waals surface area contributed by atoms with Crippen molar-refractivity contribution < 1.29 is 19.1 Å². The third-order valence-corrected chi connectivity index (χ3v) is 2.52. The molecule has 0 spiro atoms. The number of rotatable bonds is 5. The first kappa shape index (κ1) is 13.5. The van der Waals surface area contributed by atoms with E-state index in [0.29, 0.717) is 34.8 Å². The lowest BCUT2D eigenvalue weighted by Gasteiger charge is -2.09. The molecule has 1 aromatic rings. The van der Waals surface area contributed by atoms with E-state index in [-0.39, 0.29) is 12.4 Å². The van der Waals surface area contributed by atoms with Crippen LogP contribution in [-0.2, 0) is 16.0 Å². The predicted octanol–water partition coefficient (Wildman–Crippen LogP) is 2.27. The van der Waals surface area contributed by atoms with Crippen LogP contribution in [0, 0.1) is 0 Å². The fraction of sp³-hybridized carbons (Fsp3) is 0.333. The maximum Gasteiger partial charge on any atom is 0.310 e. The van der Waals surface area contributed by atoms with Crippen molar-refractivity contribution in [2.45, 2.75) is 13.3 Å². The van der Waals surface area contributed by atoms with E-state index in [9.17, 15) is 9.59 Å². The zero-order valence-electron chi connectivity index (χ0n) is 9.66. The van der Waals surface area contributed by atoms with E-state index in [4.69, 9.17) is 21.1 Å². The van der Waals surface area contributed by atoms with Gasteiger partial charge in [-0.05, 0) is 24.6 Å². The molecular weight excluding hydrogens is 244 g/mol. The van der Waals surface area contributed by atoms with Gasteiger partial charge in [0.05, 0.1) is 25.7 Å². The fourth-order valence-corrected chi connectivity index (χ4v) is 1.61. The van der Waals surface area contributed by atoms with Crippen molar-refractivity contribution in [2.75, 3.05) is 13.7 Å². The molecule has 17 heavy (non-hydrogen) atoms. The molecule has 0 aliphatic carbocycles. The number of hydrogen-bond donors (Lipinski definition) is 0. The molecule has 0 atom stereocenters. The molecule has 0 aromatic heterocycles. The molecule has 0 heterocycles. The van der Waals surface area contributed by atoms with Crippen molar-refractivity contribution in [3.8, 4) is 5.75 Å². The summed E-state index contributed by atoms with van der Waals surface area (Å²) in [6.45, 7) is 2.04. The van der Waals surface area contributed by atoms with Gasteiger partial charge in [-0.3, -0.25) is 9.59 Å². The molecule has 0 aliphatic rings. The molecule has 92 valence electrons. The van der Waals surface area contributed by atoms with Gasteiger partial charge in [0.1, 0.15) is 5.75 Å². The average molecular weight is 257 g/mol. The molecular formula is C12H13ClO4. The maximum atomic E-state index is 11.3. The quantitative estimate of drug-likeness (QED) is 0.599. The number of carbonyl (C=O) groups excluding carboxylic acids is 2. The Bertz CT molecular complexity index is 429. The van der Waals surface area contributed by atoms with Gasteiger partial charge in [-0.15, -0.1) is 0 Å². The SMILES string of the molecule is CCOC(=O)Cc1cc(C=O)c(OC)cc1Cl. The largest absolute Gasteiger partial charge is 0.496 e. The lowest BCUT2D eigenvalue weighted by molar-refractivity contribution is -0.142. The maximum absolute atomic E-state index is 11.3. The molecule has 4 nitrogen and oxygen atoms in total. The van der Waals surface area contributed by atoms with Gasteiger partial charge in [-0.1, -0.05) is 11.6 Å². The van der Waals surface area contributed by atoms with Crippen LogP contribution in [0.15, 0.2) is 12.1 Å². The Labute approximate surface area is 104 Å². The molecule has 0 saturated carbocycles. The summed E-state index contributed by atoms with van der Waals surface area (Å²) >= 11 is 5.98. The number of esters is 1. The van der Waals surface area contributed by atoms with Gasteiger partial charge in [0.15, 0.2) is 6.29 Å². The first-order valence-corrected chi connectivity index (χ1v) is 5.47. The molecule has 0 N–H and O–H groups in total. The van der Waals surface area contributed by atoms with Crippen LogP contribution in [0.25, 0.3) is 0 Å². The van der Waals surface area contributed by atoms with Gasteiger partial charge >= 0.3 is 5.97 Å². The number of carbonyl (C=O) groups is 2. The van der Waals surface area contributed by atoms with E-state index < -0.39 is 0 Å². The van der Waals surface area contributed by atoms with Crippen LogP contribution in [-0.4, -0.2) is 26.0 Å². The number of benzene rings is 1. The van der Waals surface area contributed by atoms with Gasteiger partial charge in [0.25, 0.3) is 0 Å². The van der Waals surface area contributed by atoms with E-state index in [0.717, 1.165) is 0 Å². The minimum atomic E-state index is -0.378.